The fourth-order valence-corrected chi connectivity index (χ4v) is 5.85. The largest absolute Gasteiger partial charge is 0.497 e. The number of allylic oxidation sites excluding steroid dienone is 1. The topological polar surface area (TPSA) is 52.6 Å². The summed E-state index contributed by atoms with van der Waals surface area (Å²) in [4.78, 5) is 26.1. The summed E-state index contributed by atoms with van der Waals surface area (Å²) in [6.45, 7) is 6.00. The van der Waals surface area contributed by atoms with Gasteiger partial charge in [0.05, 0.1) is 18.9 Å². The summed E-state index contributed by atoms with van der Waals surface area (Å²) in [7, 11) is 3.18. The maximum absolute atomic E-state index is 13.1. The fourth-order valence-electron chi connectivity index (χ4n) is 5.85. The second-order valence-corrected chi connectivity index (χ2v) is 7.24. The summed E-state index contributed by atoms with van der Waals surface area (Å²) in [5.41, 5.74) is -0.323. The van der Waals surface area contributed by atoms with Gasteiger partial charge in [-0.3, -0.25) is 9.59 Å². The Balaban J connectivity index is 1.82. The first-order valence-corrected chi connectivity index (χ1v) is 8.39. The number of ketones is 2. The Hall–Kier alpha value is -1.94. The molecule has 0 N–H and O–H groups in total. The highest BCUT2D eigenvalue weighted by Gasteiger charge is 2.93. The van der Waals surface area contributed by atoms with Gasteiger partial charge in [0.2, 0.25) is 0 Å². The highest BCUT2D eigenvalue weighted by molar-refractivity contribution is 6.22. The Morgan fingerprint density at radius 2 is 1.88 bits per heavy atom. The van der Waals surface area contributed by atoms with E-state index in [-0.39, 0.29) is 29.3 Å². The van der Waals surface area contributed by atoms with Crippen molar-refractivity contribution in [3.63, 3.8) is 0 Å². The Kier molecular flexibility index (Phi) is 3.11. The number of fused-ring (bicyclic) bond motifs is 1. The lowest BCUT2D eigenvalue weighted by Gasteiger charge is -2.44. The van der Waals surface area contributed by atoms with Crippen LogP contribution in [-0.2, 0) is 14.3 Å². The first-order chi connectivity index (χ1) is 11.5. The second-order valence-electron chi connectivity index (χ2n) is 7.24. The molecule has 4 nitrogen and oxygen atoms in total. The Morgan fingerprint density at radius 1 is 1.21 bits per heavy atom. The minimum absolute atomic E-state index is 0.0271. The van der Waals surface area contributed by atoms with Gasteiger partial charge in [-0.1, -0.05) is 25.1 Å². The van der Waals surface area contributed by atoms with Crippen LogP contribution in [0, 0.1) is 23.2 Å². The average Bonchev–Trinajstić information content (AvgIpc) is 3.16. The third-order valence-corrected chi connectivity index (χ3v) is 6.78. The molecule has 4 saturated carbocycles. The van der Waals surface area contributed by atoms with E-state index in [1.54, 1.807) is 14.2 Å². The number of ether oxygens (including phenoxy) is 2. The lowest BCUT2D eigenvalue weighted by Crippen LogP contribution is -2.50. The van der Waals surface area contributed by atoms with Gasteiger partial charge in [0, 0.05) is 18.4 Å². The molecule has 0 amide bonds. The number of Topliss-reactive ketones (excluding diaryl/α,β-unsaturated/α-hetero) is 2. The number of hydrogen-bond acceptors (Lipinski definition) is 4. The minimum Gasteiger partial charge on any atom is -0.497 e. The lowest BCUT2D eigenvalue weighted by atomic mass is 9.58. The standard InChI is InChI=1S/C20H22O4/c1-5-10-19-11(2)14(12-6-8-13(23-3)9-7-12)15-16(21)17(19)20(19,24-4)18(15)22/h5-9,11,14-15,17H,1,10H2,2-4H3/t11-,14+,15-,17-,19-,20+/m0/s1. The number of methoxy groups -OCH3 is 2. The van der Waals surface area contributed by atoms with Gasteiger partial charge in [-0.05, 0) is 30.0 Å². The van der Waals surface area contributed by atoms with Crippen LogP contribution in [0.15, 0.2) is 36.9 Å². The molecule has 0 spiro atoms. The predicted octanol–water partition coefficient (Wildman–Crippen LogP) is 2.77. The van der Waals surface area contributed by atoms with Crippen LogP contribution in [0.3, 0.4) is 0 Å². The van der Waals surface area contributed by atoms with E-state index in [1.165, 1.54) is 0 Å². The molecule has 0 radical (unpaired) electrons. The third kappa shape index (κ3) is 1.40. The van der Waals surface area contributed by atoms with Gasteiger partial charge >= 0.3 is 0 Å². The third-order valence-electron chi connectivity index (χ3n) is 6.78. The van der Waals surface area contributed by atoms with E-state index in [4.69, 9.17) is 9.47 Å². The number of carbonyl (C=O) groups is 2. The van der Waals surface area contributed by atoms with Gasteiger partial charge < -0.3 is 9.47 Å². The summed E-state index contributed by atoms with van der Waals surface area (Å²) in [5.74, 6) is 0.000335. The first-order valence-electron chi connectivity index (χ1n) is 8.39. The normalized spacial score (nSPS) is 42.1. The van der Waals surface area contributed by atoms with E-state index in [0.29, 0.717) is 6.42 Å². The molecule has 4 heteroatoms. The van der Waals surface area contributed by atoms with Gasteiger partial charge in [0.1, 0.15) is 11.4 Å². The zero-order valence-electron chi connectivity index (χ0n) is 14.2. The van der Waals surface area contributed by atoms with Crippen LogP contribution in [0.1, 0.15) is 24.8 Å². The van der Waals surface area contributed by atoms with Crippen LogP contribution < -0.4 is 4.74 Å². The summed E-state index contributed by atoms with van der Waals surface area (Å²) < 4.78 is 10.9. The molecular formula is C20H22O4. The highest BCUT2D eigenvalue weighted by Crippen LogP contribution is 2.81. The van der Waals surface area contributed by atoms with Crippen LogP contribution in [-0.4, -0.2) is 31.4 Å². The van der Waals surface area contributed by atoms with Crippen LogP contribution in [0.25, 0.3) is 0 Å². The van der Waals surface area contributed by atoms with Gasteiger partial charge in [-0.2, -0.15) is 0 Å². The molecule has 4 bridgehead atoms. The number of benzene rings is 1. The smallest absolute Gasteiger partial charge is 0.177 e. The summed E-state index contributed by atoms with van der Waals surface area (Å²) in [6, 6.07) is 7.71. The van der Waals surface area contributed by atoms with Crippen molar-refractivity contribution in [2.45, 2.75) is 24.9 Å². The van der Waals surface area contributed by atoms with Crippen molar-refractivity contribution in [1.29, 1.82) is 0 Å². The average molecular weight is 326 g/mol. The van der Waals surface area contributed by atoms with E-state index in [2.05, 4.69) is 13.5 Å². The predicted molar refractivity (Wildman–Crippen MR) is 88.9 cm³/mol. The van der Waals surface area contributed by atoms with Crippen molar-refractivity contribution in [1.82, 2.24) is 0 Å². The molecule has 0 aromatic heterocycles. The Bertz CT molecular complexity index is 737. The summed E-state index contributed by atoms with van der Waals surface area (Å²) in [6.07, 6.45) is 2.45. The molecule has 0 unspecified atom stereocenters. The van der Waals surface area contributed by atoms with Gasteiger partial charge in [0.25, 0.3) is 0 Å². The number of carbonyl (C=O) groups excluding carboxylic acids is 2. The molecule has 4 aliphatic rings. The lowest BCUT2D eigenvalue weighted by molar-refractivity contribution is -0.147. The molecule has 0 saturated heterocycles. The van der Waals surface area contributed by atoms with Crippen LogP contribution >= 0.6 is 0 Å². The molecular weight excluding hydrogens is 304 g/mol. The van der Waals surface area contributed by atoms with Crippen LogP contribution in [0.5, 0.6) is 5.75 Å². The van der Waals surface area contributed by atoms with Gasteiger partial charge in [-0.25, -0.2) is 0 Å². The molecule has 5 rings (SSSR count). The first kappa shape index (κ1) is 15.6. The SMILES string of the molecule is C=CC[C@]12[C@@H](C)[C@H](c3ccc(OC)cc3)[C@H]3C(=O)[C@@H]1[C@@]2(OC)C3=O. The monoisotopic (exact) mass is 326 g/mol. The Labute approximate surface area is 141 Å². The van der Waals surface area contributed by atoms with E-state index in [1.807, 2.05) is 30.3 Å². The van der Waals surface area contributed by atoms with E-state index in [9.17, 15) is 9.59 Å². The molecule has 0 heterocycles. The van der Waals surface area contributed by atoms with Crippen LogP contribution in [0.2, 0.25) is 0 Å². The maximum Gasteiger partial charge on any atom is 0.177 e. The minimum atomic E-state index is -0.911. The fraction of sp³-hybridized carbons (Fsp3) is 0.500. The molecule has 4 aliphatic carbocycles. The van der Waals surface area contributed by atoms with E-state index < -0.39 is 16.9 Å². The Morgan fingerprint density at radius 3 is 2.38 bits per heavy atom. The molecule has 1 aromatic rings. The van der Waals surface area contributed by atoms with Crippen LogP contribution in [0.4, 0.5) is 0 Å². The maximum atomic E-state index is 13.1. The van der Waals surface area contributed by atoms with Crippen molar-refractivity contribution in [3.8, 4) is 5.75 Å². The van der Waals surface area contributed by atoms with Crippen molar-refractivity contribution in [2.75, 3.05) is 14.2 Å². The van der Waals surface area contributed by atoms with E-state index >= 15 is 0 Å². The molecule has 126 valence electrons. The van der Waals surface area contributed by atoms with Crippen molar-refractivity contribution in [3.05, 3.63) is 42.5 Å². The van der Waals surface area contributed by atoms with E-state index in [0.717, 1.165) is 11.3 Å². The molecule has 24 heavy (non-hydrogen) atoms. The quantitative estimate of drug-likeness (QED) is 0.617. The zero-order chi connectivity index (χ0) is 17.3. The summed E-state index contributed by atoms with van der Waals surface area (Å²) in [5, 5.41) is 0. The summed E-state index contributed by atoms with van der Waals surface area (Å²) >= 11 is 0. The number of hydrogen-bond donors (Lipinski definition) is 0. The molecule has 0 aliphatic heterocycles. The second kappa shape index (κ2) is 4.79. The molecule has 6 atom stereocenters. The van der Waals surface area contributed by atoms with Crippen molar-refractivity contribution in [2.24, 2.45) is 23.2 Å². The molecule has 1 aromatic carbocycles. The highest BCUT2D eigenvalue weighted by atomic mass is 16.5. The van der Waals surface area contributed by atoms with Crippen molar-refractivity contribution < 1.29 is 19.1 Å². The van der Waals surface area contributed by atoms with Gasteiger partial charge in [-0.15, -0.1) is 6.58 Å². The van der Waals surface area contributed by atoms with Gasteiger partial charge in [0.15, 0.2) is 11.6 Å². The molecule has 4 fully saturated rings. The van der Waals surface area contributed by atoms with Crippen molar-refractivity contribution >= 4 is 11.6 Å². The zero-order valence-corrected chi connectivity index (χ0v) is 14.2. The number of rotatable bonds is 5.